The second kappa shape index (κ2) is 11.0. The van der Waals surface area contributed by atoms with Crippen LogP contribution in [0.15, 0.2) is 100 Å². The smallest absolute Gasteiger partial charge is 0.273 e. The molecule has 2 aromatic heterocycles. The van der Waals surface area contributed by atoms with Crippen molar-refractivity contribution in [3.8, 4) is 23.1 Å². The zero-order valence-corrected chi connectivity index (χ0v) is 21.8. The first-order valence-corrected chi connectivity index (χ1v) is 12.9. The highest BCUT2D eigenvalue weighted by atomic mass is 35.5. The van der Waals surface area contributed by atoms with E-state index in [0.717, 1.165) is 16.9 Å². The predicted molar refractivity (Wildman–Crippen MR) is 151 cm³/mol. The highest BCUT2D eigenvalue weighted by molar-refractivity contribution is 7.07. The number of furan rings is 1. The van der Waals surface area contributed by atoms with Crippen molar-refractivity contribution in [1.29, 1.82) is 5.26 Å². The molecule has 186 valence electrons. The number of hydrogen-bond acceptors (Lipinski definition) is 5. The summed E-state index contributed by atoms with van der Waals surface area (Å²) in [7, 11) is 0. The number of para-hydroxylation sites is 2. The lowest BCUT2D eigenvalue weighted by Crippen LogP contribution is -2.32. The first-order chi connectivity index (χ1) is 18.5. The zero-order valence-electron chi connectivity index (χ0n) is 19.5. The minimum Gasteiger partial charge on any atom is -0.457 e. The van der Waals surface area contributed by atoms with E-state index in [2.05, 4.69) is 5.32 Å². The number of amides is 1. The molecule has 5 rings (SSSR count). The van der Waals surface area contributed by atoms with Gasteiger partial charge in [-0.05, 0) is 48.5 Å². The number of benzene rings is 3. The maximum atomic E-state index is 13.6. The maximum Gasteiger partial charge on any atom is 0.273 e. The van der Waals surface area contributed by atoms with Crippen molar-refractivity contribution in [3.63, 3.8) is 0 Å². The first kappa shape index (κ1) is 25.3. The number of nitriles is 1. The molecule has 0 fully saturated rings. The molecule has 1 N–H and O–H groups in total. The average Bonchev–Trinajstić information content (AvgIpc) is 3.51. The molecule has 0 atom stereocenters. The molecule has 0 unspecified atom stereocenters. The van der Waals surface area contributed by atoms with Gasteiger partial charge in [0, 0.05) is 11.6 Å². The summed E-state index contributed by atoms with van der Waals surface area (Å²) in [6, 6.07) is 28.2. The van der Waals surface area contributed by atoms with Crippen LogP contribution in [0, 0.1) is 11.3 Å². The van der Waals surface area contributed by atoms with Crippen molar-refractivity contribution in [2.75, 3.05) is 5.32 Å². The summed E-state index contributed by atoms with van der Waals surface area (Å²) in [6.45, 7) is 0. The van der Waals surface area contributed by atoms with Crippen LogP contribution < -0.4 is 20.1 Å². The van der Waals surface area contributed by atoms with Crippen LogP contribution in [0.25, 0.3) is 28.7 Å². The normalized spacial score (nSPS) is 12.2. The molecule has 0 saturated carbocycles. The Hall–Kier alpha value is -4.35. The Bertz CT molecular complexity index is 1880. The van der Waals surface area contributed by atoms with Gasteiger partial charge >= 0.3 is 0 Å². The summed E-state index contributed by atoms with van der Waals surface area (Å²) < 4.78 is 7.75. The summed E-state index contributed by atoms with van der Waals surface area (Å²) in [5.41, 5.74) is 0.958. The third-order valence-corrected chi connectivity index (χ3v) is 7.30. The quantitative estimate of drug-likeness (QED) is 0.304. The van der Waals surface area contributed by atoms with Gasteiger partial charge in [0.1, 0.15) is 22.3 Å². The lowest BCUT2D eigenvalue weighted by atomic mass is 10.2. The molecule has 0 aliphatic rings. The van der Waals surface area contributed by atoms with Crippen molar-refractivity contribution in [3.05, 3.63) is 126 Å². The Labute approximate surface area is 230 Å². The van der Waals surface area contributed by atoms with Crippen molar-refractivity contribution in [2.45, 2.75) is 0 Å². The Balaban J connectivity index is 1.68. The molecule has 0 saturated heterocycles. The summed E-state index contributed by atoms with van der Waals surface area (Å²) in [5.74, 6) is 0.284. The molecule has 0 aliphatic carbocycles. The molecule has 0 radical (unpaired) electrons. The summed E-state index contributed by atoms with van der Waals surface area (Å²) in [6.07, 6.45) is 1.58. The SMILES string of the molecule is N#CC(C(=O)Nc1ccccc1Cl)=c1sc(=Cc2ccc(-c3ccccc3Cl)o2)c(=O)n1-c1ccccc1. The molecule has 9 heteroatoms. The van der Waals surface area contributed by atoms with Gasteiger partial charge in [-0.1, -0.05) is 65.7 Å². The number of halogens is 2. The van der Waals surface area contributed by atoms with E-state index in [1.54, 1.807) is 72.8 Å². The number of hydrogen-bond donors (Lipinski definition) is 1. The Morgan fingerprint density at radius 1 is 0.921 bits per heavy atom. The van der Waals surface area contributed by atoms with Gasteiger partial charge in [-0.25, -0.2) is 0 Å². The minimum absolute atomic E-state index is 0.178. The van der Waals surface area contributed by atoms with E-state index in [0.29, 0.717) is 32.9 Å². The Morgan fingerprint density at radius 3 is 2.32 bits per heavy atom. The monoisotopic (exact) mass is 557 g/mol. The number of nitrogens with one attached hydrogen (secondary N) is 1. The third-order valence-electron chi connectivity index (χ3n) is 5.55. The number of aromatic nitrogens is 1. The van der Waals surface area contributed by atoms with Crippen LogP contribution in [0.3, 0.4) is 0 Å². The molecule has 2 heterocycles. The van der Waals surface area contributed by atoms with Gasteiger partial charge in [-0.3, -0.25) is 14.2 Å². The van der Waals surface area contributed by atoms with Gasteiger partial charge in [0.05, 0.1) is 26.0 Å². The Kier molecular flexibility index (Phi) is 7.29. The second-order valence-electron chi connectivity index (χ2n) is 7.99. The van der Waals surface area contributed by atoms with Gasteiger partial charge in [-0.2, -0.15) is 5.26 Å². The zero-order chi connectivity index (χ0) is 26.6. The van der Waals surface area contributed by atoms with Crippen molar-refractivity contribution in [2.24, 2.45) is 0 Å². The maximum absolute atomic E-state index is 13.6. The van der Waals surface area contributed by atoms with Crippen LogP contribution >= 0.6 is 34.5 Å². The topological polar surface area (TPSA) is 88.0 Å². The van der Waals surface area contributed by atoms with Gasteiger partial charge in [-0.15, -0.1) is 11.3 Å². The molecular formula is C29H17Cl2N3O3S. The molecule has 0 spiro atoms. The first-order valence-electron chi connectivity index (χ1n) is 11.3. The largest absolute Gasteiger partial charge is 0.457 e. The van der Waals surface area contributed by atoms with Crippen LogP contribution in [0.2, 0.25) is 10.0 Å². The highest BCUT2D eigenvalue weighted by Gasteiger charge is 2.18. The standard InChI is InChI=1S/C29H17Cl2N3O3S/c30-22-11-5-4-10-20(22)25-15-14-19(37-25)16-26-28(36)34(18-8-2-1-3-9-18)29(38-26)21(17-32)27(35)33-24-13-7-6-12-23(24)31/h1-16H,(H,33,35). The number of nitrogens with zero attached hydrogens (tertiary/aromatic N) is 2. The molecule has 1 amide bonds. The number of carbonyl (C=O) groups is 1. The fourth-order valence-corrected chi connectivity index (χ4v) is 5.26. The molecule has 5 aromatic rings. The summed E-state index contributed by atoms with van der Waals surface area (Å²) >= 11 is 13.5. The number of rotatable bonds is 5. The van der Waals surface area contributed by atoms with E-state index in [4.69, 9.17) is 27.6 Å². The molecular weight excluding hydrogens is 541 g/mol. The summed E-state index contributed by atoms with van der Waals surface area (Å²) in [4.78, 5) is 26.8. The van der Waals surface area contributed by atoms with E-state index < -0.39 is 11.5 Å². The molecule has 0 bridgehead atoms. The molecule has 38 heavy (non-hydrogen) atoms. The number of carbonyl (C=O) groups excluding carboxylic acids is 1. The van der Waals surface area contributed by atoms with Crippen molar-refractivity contribution < 1.29 is 9.21 Å². The van der Waals surface area contributed by atoms with Crippen LogP contribution in [-0.2, 0) is 4.79 Å². The fourth-order valence-electron chi connectivity index (χ4n) is 3.77. The Morgan fingerprint density at radius 2 is 1.61 bits per heavy atom. The van der Waals surface area contributed by atoms with Gasteiger partial charge < -0.3 is 9.73 Å². The van der Waals surface area contributed by atoms with Crippen LogP contribution in [0.1, 0.15) is 5.76 Å². The number of thiazole rings is 1. The lowest BCUT2D eigenvalue weighted by molar-refractivity contribution is -0.111. The van der Waals surface area contributed by atoms with Crippen LogP contribution in [0.5, 0.6) is 0 Å². The highest BCUT2D eigenvalue weighted by Crippen LogP contribution is 2.29. The van der Waals surface area contributed by atoms with Crippen LogP contribution in [0.4, 0.5) is 5.69 Å². The molecule has 3 aromatic carbocycles. The molecule has 0 aliphatic heterocycles. The average molecular weight is 558 g/mol. The van der Waals surface area contributed by atoms with Gasteiger partial charge in [0.2, 0.25) is 0 Å². The van der Waals surface area contributed by atoms with Crippen LogP contribution in [-0.4, -0.2) is 10.5 Å². The molecule has 6 nitrogen and oxygen atoms in total. The van der Waals surface area contributed by atoms with E-state index >= 15 is 0 Å². The lowest BCUT2D eigenvalue weighted by Gasteiger charge is -2.07. The minimum atomic E-state index is -0.683. The van der Waals surface area contributed by atoms with E-state index in [1.165, 1.54) is 4.57 Å². The van der Waals surface area contributed by atoms with Gasteiger partial charge in [0.25, 0.3) is 11.5 Å². The van der Waals surface area contributed by atoms with E-state index in [-0.39, 0.29) is 14.8 Å². The van der Waals surface area contributed by atoms with Gasteiger partial charge in [0.15, 0.2) is 5.57 Å². The third kappa shape index (κ3) is 5.06. The van der Waals surface area contributed by atoms with E-state index in [9.17, 15) is 14.9 Å². The predicted octanol–water partition coefficient (Wildman–Crippen LogP) is 5.61. The fraction of sp³-hybridized carbons (Fsp3) is 0. The van der Waals surface area contributed by atoms with Crippen molar-refractivity contribution >= 4 is 57.8 Å². The second-order valence-corrected chi connectivity index (χ2v) is 9.84. The number of anilines is 1. The van der Waals surface area contributed by atoms with E-state index in [1.807, 2.05) is 30.3 Å². The van der Waals surface area contributed by atoms with Crippen molar-refractivity contribution in [1.82, 2.24) is 4.57 Å². The summed E-state index contributed by atoms with van der Waals surface area (Å²) in [5, 5.41) is 13.5.